The van der Waals surface area contributed by atoms with Crippen LogP contribution in [0.1, 0.15) is 112 Å². The van der Waals surface area contributed by atoms with Crippen LogP contribution in [0.25, 0.3) is 0 Å². The van der Waals surface area contributed by atoms with Gasteiger partial charge in [0.15, 0.2) is 5.78 Å². The van der Waals surface area contributed by atoms with Crippen molar-refractivity contribution in [2.75, 3.05) is 5.32 Å². The topological polar surface area (TPSA) is 72.5 Å². The van der Waals surface area contributed by atoms with Gasteiger partial charge in [-0.2, -0.15) is 0 Å². The van der Waals surface area contributed by atoms with Crippen molar-refractivity contribution in [3.05, 3.63) is 41.0 Å². The van der Waals surface area contributed by atoms with E-state index >= 15 is 0 Å². The van der Waals surface area contributed by atoms with Crippen LogP contribution < -0.4 is 5.32 Å². The van der Waals surface area contributed by atoms with E-state index in [-0.39, 0.29) is 51.8 Å². The molecule has 8 atom stereocenters. The summed E-state index contributed by atoms with van der Waals surface area (Å²) in [6.45, 7) is 17.6. The maximum atomic E-state index is 14.4. The molecule has 43 heavy (non-hydrogen) atoms. The normalized spacial score (nSPS) is 39.8. The summed E-state index contributed by atoms with van der Waals surface area (Å²) in [5.74, 6) is 2.02. The van der Waals surface area contributed by atoms with Crippen LogP contribution in [-0.2, 0) is 19.1 Å². The van der Waals surface area contributed by atoms with Gasteiger partial charge in [0.1, 0.15) is 6.10 Å². The third kappa shape index (κ3) is 4.41. The molecule has 0 spiro atoms. The molecule has 1 N–H and O–H groups in total. The molecule has 0 saturated heterocycles. The first-order valence-electron chi connectivity index (χ1n) is 17.0. The number of carbonyl (C=O) groups is 3. The number of aryl methyl sites for hydroxylation is 1. The molecule has 1 aromatic rings. The number of benzene rings is 1. The number of nitrogens with one attached hydrogen (secondary N) is 1. The number of amides is 1. The van der Waals surface area contributed by atoms with Crippen LogP contribution in [0, 0.1) is 58.2 Å². The molecule has 0 bridgehead atoms. The number of esters is 1. The third-order valence-electron chi connectivity index (χ3n) is 13.7. The van der Waals surface area contributed by atoms with Crippen LogP contribution in [0.4, 0.5) is 5.69 Å². The molecular weight excluding hydrogens is 534 g/mol. The zero-order valence-corrected chi connectivity index (χ0v) is 27.8. The molecule has 4 unspecified atom stereocenters. The molecule has 5 heteroatoms. The van der Waals surface area contributed by atoms with E-state index in [4.69, 9.17) is 4.74 Å². The number of hydrogen-bond acceptors (Lipinski definition) is 4. The van der Waals surface area contributed by atoms with Crippen molar-refractivity contribution < 1.29 is 19.1 Å². The van der Waals surface area contributed by atoms with Crippen LogP contribution >= 0.6 is 0 Å². The van der Waals surface area contributed by atoms with E-state index in [0.29, 0.717) is 24.2 Å². The highest BCUT2D eigenvalue weighted by Crippen LogP contribution is 2.73. The lowest BCUT2D eigenvalue weighted by molar-refractivity contribution is -0.212. The lowest BCUT2D eigenvalue weighted by Crippen LogP contribution is -2.63. The van der Waals surface area contributed by atoms with Crippen molar-refractivity contribution in [1.29, 1.82) is 0 Å². The van der Waals surface area contributed by atoms with Gasteiger partial charge in [0.25, 0.3) is 0 Å². The molecule has 1 aromatic carbocycles. The van der Waals surface area contributed by atoms with Crippen molar-refractivity contribution in [2.45, 2.75) is 119 Å². The SMILES string of the molecule is CC(=O)O[C@H]1CC[C@]2(C)C3CC[C@@H]4C5=C(C(C)C)C(=O)C[C@]5(C(=O)Nc5ccccc5C)CCC4C3(C)CCC2C1(C)C. The predicted molar refractivity (Wildman–Crippen MR) is 170 cm³/mol. The molecule has 5 aliphatic rings. The Hall–Kier alpha value is -2.43. The molecule has 1 amide bonds. The molecule has 6 rings (SSSR count). The van der Waals surface area contributed by atoms with Gasteiger partial charge in [-0.1, -0.05) is 59.7 Å². The summed E-state index contributed by atoms with van der Waals surface area (Å²) in [5.41, 5.74) is 3.63. The highest BCUT2D eigenvalue weighted by atomic mass is 16.5. The average Bonchev–Trinajstić information content (AvgIpc) is 3.25. The smallest absolute Gasteiger partial charge is 0.302 e. The van der Waals surface area contributed by atoms with Crippen LogP contribution in [0.3, 0.4) is 0 Å². The second kappa shape index (κ2) is 10.3. The predicted octanol–water partition coefficient (Wildman–Crippen LogP) is 8.46. The monoisotopic (exact) mass is 587 g/mol. The Morgan fingerprint density at radius 3 is 2.28 bits per heavy atom. The number of Topliss-reactive ketones (excluding diaryl/α,β-unsaturated/α-hetero) is 1. The van der Waals surface area contributed by atoms with E-state index in [2.05, 4.69) is 46.9 Å². The Kier molecular flexibility index (Phi) is 7.33. The zero-order valence-electron chi connectivity index (χ0n) is 27.8. The van der Waals surface area contributed by atoms with Gasteiger partial charge < -0.3 is 10.1 Å². The van der Waals surface area contributed by atoms with Crippen molar-refractivity contribution in [2.24, 2.45) is 51.2 Å². The maximum absolute atomic E-state index is 14.4. The molecule has 5 aliphatic carbocycles. The first-order valence-corrected chi connectivity index (χ1v) is 17.0. The molecular formula is C38H53NO4. The lowest BCUT2D eigenvalue weighted by atomic mass is 9.36. The van der Waals surface area contributed by atoms with E-state index < -0.39 is 5.41 Å². The number of para-hydroxylation sites is 1. The average molecular weight is 588 g/mol. The standard InChI is InChI=1S/C38H53NO4/c1-22(2)32-28(41)21-38(34(42)39-27-12-10-9-11-23(27)3)20-15-26-25(33(32)38)13-14-30-36(26,7)18-16-29-35(5,6)31(43-24(4)40)17-19-37(29,30)8/h9-12,22,25-26,29-31H,13-21H2,1-8H3,(H,39,42)/t25-,26?,29?,30?,31-,36?,37-,38+/m0/s1. The summed E-state index contributed by atoms with van der Waals surface area (Å²) in [4.78, 5) is 40.1. The van der Waals surface area contributed by atoms with Gasteiger partial charge in [-0.15, -0.1) is 0 Å². The summed E-state index contributed by atoms with van der Waals surface area (Å²) in [5, 5.41) is 3.29. The summed E-state index contributed by atoms with van der Waals surface area (Å²) >= 11 is 0. The summed E-state index contributed by atoms with van der Waals surface area (Å²) in [6.07, 6.45) is 8.58. The van der Waals surface area contributed by atoms with Gasteiger partial charge in [-0.05, 0) is 121 Å². The minimum atomic E-state index is -0.728. The second-order valence-electron chi connectivity index (χ2n) is 16.4. The van der Waals surface area contributed by atoms with Crippen molar-refractivity contribution in [3.8, 4) is 0 Å². The van der Waals surface area contributed by atoms with Gasteiger partial charge in [0.2, 0.25) is 5.91 Å². The lowest BCUT2D eigenvalue weighted by Gasteiger charge is -2.68. The molecule has 234 valence electrons. The molecule has 0 aliphatic heterocycles. The summed E-state index contributed by atoms with van der Waals surface area (Å²) in [6, 6.07) is 7.96. The van der Waals surface area contributed by atoms with Crippen LogP contribution in [0.15, 0.2) is 35.4 Å². The first kappa shape index (κ1) is 30.6. The number of hydrogen-bond donors (Lipinski definition) is 1. The first-order chi connectivity index (χ1) is 20.2. The quantitative estimate of drug-likeness (QED) is 0.359. The van der Waals surface area contributed by atoms with Gasteiger partial charge in [-0.3, -0.25) is 14.4 Å². The van der Waals surface area contributed by atoms with Crippen molar-refractivity contribution in [1.82, 2.24) is 0 Å². The molecule has 0 aromatic heterocycles. The van der Waals surface area contributed by atoms with Crippen LogP contribution in [0.2, 0.25) is 0 Å². The molecule has 4 saturated carbocycles. The number of fused-ring (bicyclic) bond motifs is 7. The Bertz CT molecular complexity index is 1370. The second-order valence-corrected chi connectivity index (χ2v) is 16.4. The number of rotatable bonds is 4. The number of carbonyl (C=O) groups excluding carboxylic acids is 3. The van der Waals surface area contributed by atoms with E-state index in [9.17, 15) is 14.4 Å². The van der Waals surface area contributed by atoms with Gasteiger partial charge in [0, 0.05) is 24.4 Å². The number of allylic oxidation sites excluding steroid dienone is 1. The zero-order chi connectivity index (χ0) is 31.1. The fraction of sp³-hybridized carbons (Fsp3) is 0.711. The molecule has 5 nitrogen and oxygen atoms in total. The van der Waals surface area contributed by atoms with Crippen molar-refractivity contribution >= 4 is 23.3 Å². The minimum absolute atomic E-state index is 0.0194. The van der Waals surface area contributed by atoms with Crippen LogP contribution in [-0.4, -0.2) is 23.8 Å². The van der Waals surface area contributed by atoms with E-state index in [1.165, 1.54) is 5.57 Å². The molecule has 0 heterocycles. The number of ketones is 1. The largest absolute Gasteiger partial charge is 0.462 e. The summed E-state index contributed by atoms with van der Waals surface area (Å²) in [7, 11) is 0. The van der Waals surface area contributed by atoms with Gasteiger partial charge in [0.05, 0.1) is 5.41 Å². The number of anilines is 1. The summed E-state index contributed by atoms with van der Waals surface area (Å²) < 4.78 is 5.91. The van der Waals surface area contributed by atoms with Gasteiger partial charge >= 0.3 is 5.97 Å². The molecule has 4 fully saturated rings. The third-order valence-corrected chi connectivity index (χ3v) is 13.7. The minimum Gasteiger partial charge on any atom is -0.462 e. The van der Waals surface area contributed by atoms with E-state index in [1.54, 1.807) is 6.92 Å². The highest BCUT2D eigenvalue weighted by Gasteiger charge is 2.67. The van der Waals surface area contributed by atoms with E-state index in [0.717, 1.165) is 68.2 Å². The Labute approximate surface area is 259 Å². The van der Waals surface area contributed by atoms with Gasteiger partial charge in [-0.25, -0.2) is 0 Å². The fourth-order valence-electron chi connectivity index (χ4n) is 11.9. The van der Waals surface area contributed by atoms with E-state index in [1.807, 2.05) is 31.2 Å². The Morgan fingerprint density at radius 1 is 0.907 bits per heavy atom. The maximum Gasteiger partial charge on any atom is 0.302 e. The van der Waals surface area contributed by atoms with Crippen LogP contribution in [0.5, 0.6) is 0 Å². The van der Waals surface area contributed by atoms with Crippen molar-refractivity contribution in [3.63, 3.8) is 0 Å². The fourth-order valence-corrected chi connectivity index (χ4v) is 11.9. The molecule has 0 radical (unpaired) electrons. The highest BCUT2D eigenvalue weighted by molar-refractivity contribution is 6.10. The Balaban J connectivity index is 1.35. The Morgan fingerprint density at radius 2 is 1.60 bits per heavy atom. The number of ether oxygens (including phenoxy) is 1.